The number of nitrogens with zero attached hydrogens (tertiary/aromatic N) is 3. The Morgan fingerprint density at radius 2 is 2.13 bits per heavy atom. The van der Waals surface area contributed by atoms with Crippen molar-refractivity contribution in [3.05, 3.63) is 0 Å². The first-order valence-corrected chi connectivity index (χ1v) is 5.77. The third-order valence-corrected chi connectivity index (χ3v) is 2.65. The number of unbranched alkanes of at least 4 members (excludes halogenated alkanes) is 1. The van der Waals surface area contributed by atoms with Gasteiger partial charge in [-0.3, -0.25) is 4.99 Å². The molecule has 1 aliphatic heterocycles. The first kappa shape index (κ1) is 12.2. The zero-order valence-electron chi connectivity index (χ0n) is 9.82. The van der Waals surface area contributed by atoms with Crippen molar-refractivity contribution in [1.82, 2.24) is 4.90 Å². The van der Waals surface area contributed by atoms with Crippen LogP contribution >= 0.6 is 0 Å². The summed E-state index contributed by atoms with van der Waals surface area (Å²) in [4.78, 5) is 10.8. The third kappa shape index (κ3) is 4.00. The van der Waals surface area contributed by atoms with Crippen LogP contribution in [0.15, 0.2) is 9.98 Å². The second kappa shape index (κ2) is 6.56. The highest BCUT2D eigenvalue weighted by Crippen LogP contribution is 2.09. The van der Waals surface area contributed by atoms with Crippen molar-refractivity contribution in [2.24, 2.45) is 15.7 Å². The van der Waals surface area contributed by atoms with Gasteiger partial charge in [0, 0.05) is 32.4 Å². The average Bonchev–Trinajstić information content (AvgIpc) is 2.26. The maximum Gasteiger partial charge on any atom is 0.219 e. The van der Waals surface area contributed by atoms with E-state index in [4.69, 9.17) is 5.73 Å². The molecule has 4 nitrogen and oxygen atoms in total. The summed E-state index contributed by atoms with van der Waals surface area (Å²) in [6.45, 7) is 4.11. The molecule has 1 fully saturated rings. The number of nitrogens with two attached hydrogens (primary N) is 1. The molecule has 0 aliphatic carbocycles. The lowest BCUT2D eigenvalue weighted by molar-refractivity contribution is 0.311. The summed E-state index contributed by atoms with van der Waals surface area (Å²) in [6.07, 6.45) is 6.19. The fourth-order valence-electron chi connectivity index (χ4n) is 1.66. The van der Waals surface area contributed by atoms with E-state index in [1.165, 1.54) is 0 Å². The van der Waals surface area contributed by atoms with E-state index >= 15 is 0 Å². The number of rotatable bonds is 2. The largest absolute Gasteiger partial charge is 0.341 e. The molecule has 1 saturated heterocycles. The van der Waals surface area contributed by atoms with Crippen LogP contribution in [0.5, 0.6) is 0 Å². The maximum absolute atomic E-state index is 5.86. The van der Waals surface area contributed by atoms with Crippen LogP contribution in [0.25, 0.3) is 0 Å². The molecule has 4 heteroatoms. The summed E-state index contributed by atoms with van der Waals surface area (Å²) >= 11 is 0. The van der Waals surface area contributed by atoms with Gasteiger partial charge in [0.15, 0.2) is 0 Å². The second-order valence-electron chi connectivity index (χ2n) is 3.95. The third-order valence-electron chi connectivity index (χ3n) is 2.65. The molecule has 0 spiro atoms. The molecule has 15 heavy (non-hydrogen) atoms. The normalized spacial score (nSPS) is 20.2. The second-order valence-corrected chi connectivity index (χ2v) is 3.95. The summed E-state index contributed by atoms with van der Waals surface area (Å²) in [5.41, 5.74) is 5.86. The van der Waals surface area contributed by atoms with E-state index in [9.17, 15) is 0 Å². The van der Waals surface area contributed by atoms with Gasteiger partial charge in [-0.1, -0.05) is 13.3 Å². The molecule has 0 saturated carbocycles. The van der Waals surface area contributed by atoms with Crippen molar-refractivity contribution < 1.29 is 0 Å². The molecule has 0 atom stereocenters. The summed E-state index contributed by atoms with van der Waals surface area (Å²) in [6, 6.07) is 0.360. The van der Waals surface area contributed by atoms with Gasteiger partial charge in [0.25, 0.3) is 0 Å². The van der Waals surface area contributed by atoms with Gasteiger partial charge in [0.05, 0.1) is 0 Å². The number of hydrogen-bond acceptors (Lipinski definition) is 2. The average molecular weight is 210 g/mol. The van der Waals surface area contributed by atoms with Gasteiger partial charge in [0.1, 0.15) is 0 Å². The van der Waals surface area contributed by atoms with Crippen LogP contribution in [0.3, 0.4) is 0 Å². The molecule has 86 valence electrons. The van der Waals surface area contributed by atoms with E-state index in [0.29, 0.717) is 6.04 Å². The van der Waals surface area contributed by atoms with Crippen LogP contribution in [-0.2, 0) is 0 Å². The van der Waals surface area contributed by atoms with Crippen molar-refractivity contribution >= 4 is 12.2 Å². The molecular weight excluding hydrogens is 188 g/mol. The Labute approximate surface area is 92.3 Å². The summed E-state index contributed by atoms with van der Waals surface area (Å²) in [7, 11) is 1.80. The van der Waals surface area contributed by atoms with Gasteiger partial charge in [-0.25, -0.2) is 4.99 Å². The molecule has 0 aromatic rings. The summed E-state index contributed by atoms with van der Waals surface area (Å²) < 4.78 is 0. The molecule has 1 heterocycles. The molecule has 0 aromatic carbocycles. The Morgan fingerprint density at radius 3 is 2.67 bits per heavy atom. The molecular formula is C11H22N4. The topological polar surface area (TPSA) is 54.0 Å². The van der Waals surface area contributed by atoms with Gasteiger partial charge < -0.3 is 10.6 Å². The molecule has 0 radical (unpaired) electrons. The van der Waals surface area contributed by atoms with Crippen molar-refractivity contribution in [2.75, 3.05) is 20.1 Å². The highest BCUT2D eigenvalue weighted by molar-refractivity contribution is 5.87. The fourth-order valence-corrected chi connectivity index (χ4v) is 1.66. The smallest absolute Gasteiger partial charge is 0.219 e. The minimum Gasteiger partial charge on any atom is -0.341 e. The van der Waals surface area contributed by atoms with E-state index in [2.05, 4.69) is 21.8 Å². The van der Waals surface area contributed by atoms with Crippen LogP contribution in [0.4, 0.5) is 0 Å². The lowest BCUT2D eigenvalue weighted by Gasteiger charge is -2.30. The van der Waals surface area contributed by atoms with Crippen LogP contribution < -0.4 is 5.73 Å². The molecule has 0 aromatic heterocycles. The number of aliphatic imine (C=N–C) groups is 2. The highest BCUT2D eigenvalue weighted by Gasteiger charge is 2.17. The lowest BCUT2D eigenvalue weighted by Crippen LogP contribution is -2.42. The van der Waals surface area contributed by atoms with Gasteiger partial charge in [-0.2, -0.15) is 0 Å². The Bertz CT molecular complexity index is 227. The van der Waals surface area contributed by atoms with Crippen LogP contribution in [0.2, 0.25) is 0 Å². The Hall–Kier alpha value is -0.900. The van der Waals surface area contributed by atoms with Gasteiger partial charge in [-0.15, -0.1) is 0 Å². The Balaban J connectivity index is 2.45. The number of piperidine rings is 1. The van der Waals surface area contributed by atoms with E-state index in [0.717, 1.165) is 44.7 Å². The van der Waals surface area contributed by atoms with E-state index in [1.807, 2.05) is 6.21 Å². The fraction of sp³-hybridized carbons (Fsp3) is 0.818. The Morgan fingerprint density at radius 1 is 1.47 bits per heavy atom. The standard InChI is InChI=1S/C11H22N4/c1-3-4-7-14-11(13-2)15-8-5-10(12)6-9-15/h7,10H,3-6,8-9,12H2,1-2H3/b13-11?,14-7-. The predicted molar refractivity (Wildman–Crippen MR) is 65.5 cm³/mol. The van der Waals surface area contributed by atoms with Crippen LogP contribution in [0, 0.1) is 0 Å². The molecule has 1 aliphatic rings. The number of guanidine groups is 1. The minimum absolute atomic E-state index is 0.360. The molecule has 0 unspecified atom stereocenters. The SMILES string of the molecule is CCC/C=N\C(=NC)N1CCC(N)CC1. The van der Waals surface area contributed by atoms with E-state index in [-0.39, 0.29) is 0 Å². The maximum atomic E-state index is 5.86. The van der Waals surface area contributed by atoms with Crippen molar-refractivity contribution in [3.8, 4) is 0 Å². The monoisotopic (exact) mass is 210 g/mol. The van der Waals surface area contributed by atoms with Crippen molar-refractivity contribution in [1.29, 1.82) is 0 Å². The first-order chi connectivity index (χ1) is 7.27. The van der Waals surface area contributed by atoms with E-state index < -0.39 is 0 Å². The van der Waals surface area contributed by atoms with E-state index in [1.54, 1.807) is 7.05 Å². The van der Waals surface area contributed by atoms with Crippen LogP contribution in [-0.4, -0.2) is 43.3 Å². The molecule has 0 bridgehead atoms. The molecule has 2 N–H and O–H groups in total. The Kier molecular flexibility index (Phi) is 5.32. The lowest BCUT2D eigenvalue weighted by atomic mass is 10.1. The summed E-state index contributed by atoms with van der Waals surface area (Å²) in [5.74, 6) is 0.857. The molecule has 0 amide bonds. The predicted octanol–water partition coefficient (Wildman–Crippen LogP) is 1.27. The number of hydrogen-bond donors (Lipinski definition) is 1. The van der Waals surface area contributed by atoms with Crippen molar-refractivity contribution in [3.63, 3.8) is 0 Å². The van der Waals surface area contributed by atoms with Gasteiger partial charge in [-0.05, 0) is 19.3 Å². The quantitative estimate of drug-likeness (QED) is 0.551. The number of likely N-dealkylation sites (tertiary alicyclic amines) is 1. The zero-order valence-corrected chi connectivity index (χ0v) is 9.82. The molecule has 1 rings (SSSR count). The van der Waals surface area contributed by atoms with Crippen molar-refractivity contribution in [2.45, 2.75) is 38.6 Å². The zero-order chi connectivity index (χ0) is 11.1. The highest BCUT2D eigenvalue weighted by atomic mass is 15.3. The first-order valence-electron chi connectivity index (χ1n) is 5.77. The van der Waals surface area contributed by atoms with Crippen LogP contribution in [0.1, 0.15) is 32.6 Å². The minimum atomic E-state index is 0.360. The van der Waals surface area contributed by atoms with Gasteiger partial charge >= 0.3 is 0 Å². The van der Waals surface area contributed by atoms with Gasteiger partial charge in [0.2, 0.25) is 5.96 Å². The summed E-state index contributed by atoms with van der Waals surface area (Å²) in [5, 5.41) is 0.